The van der Waals surface area contributed by atoms with Crippen molar-refractivity contribution in [2.24, 2.45) is 0 Å². The third-order valence-electron chi connectivity index (χ3n) is 2.00. The maximum Gasteiger partial charge on any atom is 0.119 e. The zero-order valence-electron chi connectivity index (χ0n) is 9.93. The van der Waals surface area contributed by atoms with Gasteiger partial charge < -0.3 is 18.8 Å². The second-order valence-electron chi connectivity index (χ2n) is 3.22. The minimum Gasteiger partial charge on any atom is -0.491 e. The van der Waals surface area contributed by atoms with Crippen molar-refractivity contribution >= 4 is 12.0 Å². The highest BCUT2D eigenvalue weighted by Gasteiger charge is 1.95. The van der Waals surface area contributed by atoms with E-state index in [0.29, 0.717) is 26.4 Å². The Labute approximate surface area is 106 Å². The van der Waals surface area contributed by atoms with Crippen LogP contribution in [0.4, 0.5) is 0 Å². The van der Waals surface area contributed by atoms with Crippen LogP contribution in [0.25, 0.3) is 0 Å². The molecule has 0 aliphatic heterocycles. The van der Waals surface area contributed by atoms with Gasteiger partial charge >= 0.3 is 0 Å². The van der Waals surface area contributed by atoms with Crippen LogP contribution in [-0.4, -0.2) is 37.6 Å². The van der Waals surface area contributed by atoms with Crippen LogP contribution in [0.5, 0.6) is 5.75 Å². The van der Waals surface area contributed by atoms with Gasteiger partial charge in [0, 0.05) is 23.5 Å². The average Bonchev–Trinajstić information content (AvgIpc) is 2.38. The third-order valence-corrected chi connectivity index (χ3v) is 2.48. The predicted molar refractivity (Wildman–Crippen MR) is 67.7 cm³/mol. The van der Waals surface area contributed by atoms with E-state index in [1.165, 1.54) is 0 Å². The second kappa shape index (κ2) is 9.30. The highest BCUT2D eigenvalue weighted by molar-refractivity contribution is 7.93. The Morgan fingerprint density at radius 3 is 2.29 bits per heavy atom. The Bertz CT molecular complexity index is 289. The summed E-state index contributed by atoms with van der Waals surface area (Å²) >= 11 is 0.723. The number of hydrogen-bond acceptors (Lipinski definition) is 5. The molecule has 0 saturated heterocycles. The average molecular weight is 258 g/mol. The molecule has 17 heavy (non-hydrogen) atoms. The maximum absolute atomic E-state index is 8.79. The van der Waals surface area contributed by atoms with Crippen molar-refractivity contribution in [3.8, 4) is 5.75 Å². The monoisotopic (exact) mass is 258 g/mol. The summed E-state index contributed by atoms with van der Waals surface area (Å²) in [6.07, 6.45) is 0. The summed E-state index contributed by atoms with van der Waals surface area (Å²) < 4.78 is 24.7. The van der Waals surface area contributed by atoms with Crippen LogP contribution in [0, 0.1) is 0 Å². The lowest BCUT2D eigenvalue weighted by molar-refractivity contribution is 0.0405. The summed E-state index contributed by atoms with van der Waals surface area (Å²) in [5.41, 5.74) is 0. The van der Waals surface area contributed by atoms with Gasteiger partial charge in [0.15, 0.2) is 0 Å². The van der Waals surface area contributed by atoms with E-state index < -0.39 is 0 Å². The maximum atomic E-state index is 8.79. The molecule has 0 aromatic heterocycles. The van der Waals surface area contributed by atoms with Crippen molar-refractivity contribution < 1.29 is 18.8 Å². The van der Waals surface area contributed by atoms with Crippen molar-refractivity contribution in [1.29, 1.82) is 0 Å². The first-order chi connectivity index (χ1) is 8.36. The zero-order valence-corrected chi connectivity index (χ0v) is 10.7. The molecule has 0 amide bonds. The number of hydrogen-bond donors (Lipinski definition) is 1. The molecule has 0 unspecified atom stereocenters. The molecule has 4 nitrogen and oxygen atoms in total. The molecule has 1 rings (SSSR count). The number of rotatable bonds is 9. The summed E-state index contributed by atoms with van der Waals surface area (Å²) in [6.45, 7) is 4.95. The van der Waals surface area contributed by atoms with E-state index >= 15 is 0 Å². The Morgan fingerprint density at radius 1 is 1.00 bits per heavy atom. The molecule has 1 aromatic rings. The Morgan fingerprint density at radius 2 is 1.65 bits per heavy atom. The van der Waals surface area contributed by atoms with Gasteiger partial charge in [-0.05, 0) is 31.2 Å². The topological polar surface area (TPSA) is 47.9 Å². The fraction of sp³-hybridized carbons (Fsp3) is 0.500. The largest absolute Gasteiger partial charge is 0.491 e. The first-order valence-corrected chi connectivity index (χ1v) is 6.34. The van der Waals surface area contributed by atoms with E-state index in [4.69, 9.17) is 18.8 Å². The molecule has 1 aromatic carbocycles. The van der Waals surface area contributed by atoms with E-state index in [-0.39, 0.29) is 0 Å². The molecule has 0 saturated carbocycles. The first kappa shape index (κ1) is 14.3. The molecule has 0 aliphatic rings. The molecule has 0 heterocycles. The molecule has 0 atom stereocenters. The third kappa shape index (κ3) is 6.53. The van der Waals surface area contributed by atoms with Crippen LogP contribution in [0.2, 0.25) is 0 Å². The van der Waals surface area contributed by atoms with Gasteiger partial charge in [0.05, 0.1) is 19.8 Å². The second-order valence-corrected chi connectivity index (χ2v) is 3.87. The SMILES string of the molecule is CCOCCOCCOc1ccc(SO)cc1. The van der Waals surface area contributed by atoms with Gasteiger partial charge in [-0.2, -0.15) is 0 Å². The molecular weight excluding hydrogens is 240 g/mol. The summed E-state index contributed by atoms with van der Waals surface area (Å²) in [4.78, 5) is 0.797. The molecule has 96 valence electrons. The lowest BCUT2D eigenvalue weighted by atomic mass is 10.3. The molecule has 5 heteroatoms. The Kier molecular flexibility index (Phi) is 7.83. The predicted octanol–water partition coefficient (Wildman–Crippen LogP) is 2.68. The lowest BCUT2D eigenvalue weighted by Gasteiger charge is -2.07. The highest BCUT2D eigenvalue weighted by Crippen LogP contribution is 2.18. The number of benzene rings is 1. The van der Waals surface area contributed by atoms with Crippen LogP contribution in [0.15, 0.2) is 29.2 Å². The van der Waals surface area contributed by atoms with E-state index in [2.05, 4.69) is 0 Å². The van der Waals surface area contributed by atoms with Crippen molar-refractivity contribution in [2.75, 3.05) is 33.0 Å². The lowest BCUT2D eigenvalue weighted by Crippen LogP contribution is -2.10. The van der Waals surface area contributed by atoms with Crippen molar-refractivity contribution in [1.82, 2.24) is 0 Å². The summed E-state index contributed by atoms with van der Waals surface area (Å²) in [5.74, 6) is 0.774. The van der Waals surface area contributed by atoms with Crippen LogP contribution < -0.4 is 4.74 Å². The smallest absolute Gasteiger partial charge is 0.119 e. The molecule has 1 N–H and O–H groups in total. The van der Waals surface area contributed by atoms with Crippen molar-refractivity contribution in [3.05, 3.63) is 24.3 Å². The van der Waals surface area contributed by atoms with Gasteiger partial charge in [-0.1, -0.05) is 0 Å². The van der Waals surface area contributed by atoms with Gasteiger partial charge in [0.25, 0.3) is 0 Å². The molecule has 0 aliphatic carbocycles. The van der Waals surface area contributed by atoms with Crippen LogP contribution in [0.1, 0.15) is 6.92 Å². The highest BCUT2D eigenvalue weighted by atomic mass is 32.2. The molecule has 0 radical (unpaired) electrons. The number of ether oxygens (including phenoxy) is 3. The van der Waals surface area contributed by atoms with Crippen LogP contribution in [-0.2, 0) is 9.47 Å². The molecule has 0 bridgehead atoms. The summed E-state index contributed by atoms with van der Waals surface area (Å²) in [6, 6.07) is 7.24. The fourth-order valence-corrected chi connectivity index (χ4v) is 1.44. The van der Waals surface area contributed by atoms with E-state index in [9.17, 15) is 0 Å². The van der Waals surface area contributed by atoms with Crippen molar-refractivity contribution in [2.45, 2.75) is 11.8 Å². The molecule has 0 fully saturated rings. The van der Waals surface area contributed by atoms with Crippen LogP contribution in [0.3, 0.4) is 0 Å². The fourth-order valence-electron chi connectivity index (χ4n) is 1.18. The van der Waals surface area contributed by atoms with Gasteiger partial charge in [0.1, 0.15) is 12.4 Å². The van der Waals surface area contributed by atoms with Crippen molar-refractivity contribution in [3.63, 3.8) is 0 Å². The van der Waals surface area contributed by atoms with E-state index in [0.717, 1.165) is 29.3 Å². The Balaban J connectivity index is 2.05. The minimum atomic E-state index is 0.512. The summed E-state index contributed by atoms with van der Waals surface area (Å²) in [5, 5.41) is 0. The van der Waals surface area contributed by atoms with Gasteiger partial charge in [-0.3, -0.25) is 0 Å². The zero-order chi connectivity index (χ0) is 12.3. The first-order valence-electron chi connectivity index (χ1n) is 5.56. The molecular formula is C12H18O4S. The van der Waals surface area contributed by atoms with E-state index in [1.54, 1.807) is 12.1 Å². The minimum absolute atomic E-state index is 0.512. The summed E-state index contributed by atoms with van der Waals surface area (Å²) in [7, 11) is 0. The standard InChI is InChI=1S/C12H18O4S/c1-2-14-7-8-15-9-10-16-11-3-5-12(17-13)6-4-11/h3-6,13H,2,7-10H2,1H3. The Hall–Kier alpha value is -0.750. The quantitative estimate of drug-likeness (QED) is 0.545. The van der Waals surface area contributed by atoms with Gasteiger partial charge in [-0.15, -0.1) is 0 Å². The van der Waals surface area contributed by atoms with E-state index in [1.807, 2.05) is 19.1 Å². The van der Waals surface area contributed by atoms with Gasteiger partial charge in [0.2, 0.25) is 0 Å². The van der Waals surface area contributed by atoms with Crippen LogP contribution >= 0.6 is 12.0 Å². The van der Waals surface area contributed by atoms with Gasteiger partial charge in [-0.25, -0.2) is 0 Å². The molecule has 0 spiro atoms. The normalized spacial score (nSPS) is 10.5.